The molecule has 1 aromatic heterocycles. The number of anilines is 1. The molecule has 6 heteroatoms. The van der Waals surface area contributed by atoms with Gasteiger partial charge in [-0.15, -0.1) is 0 Å². The van der Waals surface area contributed by atoms with Crippen LogP contribution in [0.1, 0.15) is 23.3 Å². The van der Waals surface area contributed by atoms with Gasteiger partial charge in [-0.3, -0.25) is 9.48 Å². The Kier molecular flexibility index (Phi) is 2.82. The summed E-state index contributed by atoms with van der Waals surface area (Å²) in [5, 5.41) is 12.9. The molecule has 1 heterocycles. The number of rotatable bonds is 4. The Bertz CT molecular complexity index is 378. The van der Waals surface area contributed by atoms with Crippen molar-refractivity contribution in [2.45, 2.75) is 18.9 Å². The van der Waals surface area contributed by atoms with Crippen LogP contribution in [0.2, 0.25) is 0 Å². The molecule has 1 aliphatic carbocycles. The highest BCUT2D eigenvalue weighted by molar-refractivity contribution is 5.97. The van der Waals surface area contributed by atoms with Gasteiger partial charge >= 0.3 is 0 Å². The van der Waals surface area contributed by atoms with E-state index in [2.05, 4.69) is 5.10 Å². The Morgan fingerprint density at radius 3 is 2.88 bits per heavy atom. The molecule has 1 saturated carbocycles. The summed E-state index contributed by atoms with van der Waals surface area (Å²) in [7, 11) is 1.69. The van der Waals surface area contributed by atoms with Crippen LogP contribution in [0, 0.1) is 0 Å². The number of nitrogens with two attached hydrogens (primary N) is 1. The number of nitrogens with zero attached hydrogens (tertiary/aromatic N) is 3. The normalized spacial score (nSPS) is 15.1. The van der Waals surface area contributed by atoms with Crippen molar-refractivity contribution in [1.29, 1.82) is 0 Å². The molecule has 1 aromatic rings. The van der Waals surface area contributed by atoms with Crippen LogP contribution < -0.4 is 5.73 Å². The van der Waals surface area contributed by atoms with Crippen LogP contribution in [0.4, 0.5) is 5.69 Å². The molecular weight excluding hydrogens is 208 g/mol. The predicted molar refractivity (Wildman–Crippen MR) is 58.8 cm³/mol. The molecule has 0 aliphatic heterocycles. The first-order chi connectivity index (χ1) is 7.65. The van der Waals surface area contributed by atoms with Crippen molar-refractivity contribution >= 4 is 11.6 Å². The number of aromatic nitrogens is 2. The highest BCUT2D eigenvalue weighted by Gasteiger charge is 2.34. The number of aryl methyl sites for hydroxylation is 1. The minimum Gasteiger partial charge on any atom is -0.396 e. The Hall–Kier alpha value is -1.56. The van der Waals surface area contributed by atoms with Crippen molar-refractivity contribution < 1.29 is 9.90 Å². The van der Waals surface area contributed by atoms with E-state index in [9.17, 15) is 4.79 Å². The average Bonchev–Trinajstić information content (AvgIpc) is 3.02. The van der Waals surface area contributed by atoms with Crippen molar-refractivity contribution in [1.82, 2.24) is 14.7 Å². The Labute approximate surface area is 93.6 Å². The van der Waals surface area contributed by atoms with E-state index in [0.717, 1.165) is 12.8 Å². The highest BCUT2D eigenvalue weighted by atomic mass is 16.3. The molecule has 1 aliphatic rings. The second-order valence-electron chi connectivity index (χ2n) is 4.03. The zero-order valence-electron chi connectivity index (χ0n) is 9.26. The van der Waals surface area contributed by atoms with E-state index in [1.54, 1.807) is 11.9 Å². The minimum absolute atomic E-state index is 0.0278. The van der Waals surface area contributed by atoms with Gasteiger partial charge in [0, 0.05) is 19.6 Å². The fraction of sp³-hybridized carbons (Fsp3) is 0.600. The van der Waals surface area contributed by atoms with Gasteiger partial charge < -0.3 is 15.7 Å². The molecule has 0 radical (unpaired) electrons. The van der Waals surface area contributed by atoms with Gasteiger partial charge in [-0.05, 0) is 12.8 Å². The van der Waals surface area contributed by atoms with E-state index < -0.39 is 0 Å². The summed E-state index contributed by atoms with van der Waals surface area (Å²) in [6, 6.07) is 0.258. The van der Waals surface area contributed by atoms with Crippen LogP contribution in [0.15, 0.2) is 6.20 Å². The Morgan fingerprint density at radius 2 is 2.44 bits per heavy atom. The first-order valence-electron chi connectivity index (χ1n) is 5.34. The third-order valence-corrected chi connectivity index (χ3v) is 2.76. The third-order valence-electron chi connectivity index (χ3n) is 2.76. The zero-order valence-corrected chi connectivity index (χ0v) is 9.26. The molecule has 0 atom stereocenters. The fourth-order valence-corrected chi connectivity index (χ4v) is 1.80. The number of carbonyl (C=O) groups excluding carboxylic acids is 1. The van der Waals surface area contributed by atoms with Crippen LogP contribution in [-0.4, -0.2) is 44.9 Å². The van der Waals surface area contributed by atoms with E-state index in [1.165, 1.54) is 10.9 Å². The van der Waals surface area contributed by atoms with Gasteiger partial charge in [0.1, 0.15) is 5.69 Å². The summed E-state index contributed by atoms with van der Waals surface area (Å²) < 4.78 is 1.48. The molecule has 1 fully saturated rings. The van der Waals surface area contributed by atoms with Crippen LogP contribution >= 0.6 is 0 Å². The van der Waals surface area contributed by atoms with Gasteiger partial charge in [-0.2, -0.15) is 5.10 Å². The maximum Gasteiger partial charge on any atom is 0.274 e. The van der Waals surface area contributed by atoms with Gasteiger partial charge in [0.25, 0.3) is 5.91 Å². The maximum absolute atomic E-state index is 12.2. The number of nitrogen functional groups attached to an aromatic ring is 1. The maximum atomic E-state index is 12.2. The molecule has 1 amide bonds. The predicted octanol–water partition coefficient (Wildman–Crippen LogP) is -0.401. The van der Waals surface area contributed by atoms with Crippen molar-refractivity contribution in [2.75, 3.05) is 18.9 Å². The third kappa shape index (κ3) is 1.88. The van der Waals surface area contributed by atoms with Crippen LogP contribution in [-0.2, 0) is 7.05 Å². The van der Waals surface area contributed by atoms with Crippen molar-refractivity contribution in [3.05, 3.63) is 11.9 Å². The summed E-state index contributed by atoms with van der Waals surface area (Å²) in [4.78, 5) is 13.9. The summed E-state index contributed by atoms with van der Waals surface area (Å²) in [6.07, 6.45) is 3.48. The lowest BCUT2D eigenvalue weighted by Crippen LogP contribution is -2.37. The molecule has 0 spiro atoms. The van der Waals surface area contributed by atoms with Crippen LogP contribution in [0.3, 0.4) is 0 Å². The van der Waals surface area contributed by atoms with Gasteiger partial charge in [0.05, 0.1) is 18.5 Å². The molecule has 2 rings (SSSR count). The fourth-order valence-electron chi connectivity index (χ4n) is 1.80. The lowest BCUT2D eigenvalue weighted by molar-refractivity contribution is 0.0697. The largest absolute Gasteiger partial charge is 0.396 e. The molecule has 0 aromatic carbocycles. The second-order valence-corrected chi connectivity index (χ2v) is 4.03. The number of hydrogen-bond acceptors (Lipinski definition) is 4. The van der Waals surface area contributed by atoms with E-state index in [4.69, 9.17) is 10.8 Å². The molecule has 0 saturated heterocycles. The number of carbonyl (C=O) groups is 1. The first-order valence-corrected chi connectivity index (χ1v) is 5.34. The average molecular weight is 224 g/mol. The summed E-state index contributed by atoms with van der Waals surface area (Å²) in [6.45, 7) is 0.327. The van der Waals surface area contributed by atoms with E-state index in [0.29, 0.717) is 17.9 Å². The molecule has 0 bridgehead atoms. The number of amides is 1. The molecule has 16 heavy (non-hydrogen) atoms. The topological polar surface area (TPSA) is 84.4 Å². The lowest BCUT2D eigenvalue weighted by atomic mass is 10.3. The van der Waals surface area contributed by atoms with Gasteiger partial charge in [0.15, 0.2) is 0 Å². The summed E-state index contributed by atoms with van der Waals surface area (Å²) in [5.41, 5.74) is 6.49. The van der Waals surface area contributed by atoms with Crippen molar-refractivity contribution in [2.24, 2.45) is 7.05 Å². The Morgan fingerprint density at radius 1 is 1.75 bits per heavy atom. The second kappa shape index (κ2) is 4.13. The smallest absolute Gasteiger partial charge is 0.274 e. The quantitative estimate of drug-likeness (QED) is 0.728. The number of hydrogen-bond donors (Lipinski definition) is 2. The molecule has 6 nitrogen and oxygen atoms in total. The highest BCUT2D eigenvalue weighted by Crippen LogP contribution is 2.28. The standard InChI is InChI=1S/C10H16N4O2/c1-13-9(8(11)6-12-13)10(16)14(4-5-15)7-2-3-7/h6-7,15H,2-5,11H2,1H3. The number of aliphatic hydroxyl groups is 1. The van der Waals surface area contributed by atoms with Crippen molar-refractivity contribution in [3.63, 3.8) is 0 Å². The molecular formula is C10H16N4O2. The first kappa shape index (κ1) is 10.9. The van der Waals surface area contributed by atoms with Gasteiger partial charge in [-0.25, -0.2) is 0 Å². The van der Waals surface area contributed by atoms with Gasteiger partial charge in [0.2, 0.25) is 0 Å². The SMILES string of the molecule is Cn1ncc(N)c1C(=O)N(CCO)C1CC1. The molecule has 3 N–H and O–H groups in total. The summed E-state index contributed by atoms with van der Waals surface area (Å²) >= 11 is 0. The van der Waals surface area contributed by atoms with E-state index in [-0.39, 0.29) is 18.6 Å². The molecule has 88 valence electrons. The molecule has 0 unspecified atom stereocenters. The van der Waals surface area contributed by atoms with Crippen LogP contribution in [0.5, 0.6) is 0 Å². The number of aliphatic hydroxyl groups excluding tert-OH is 1. The van der Waals surface area contributed by atoms with E-state index >= 15 is 0 Å². The monoisotopic (exact) mass is 224 g/mol. The lowest BCUT2D eigenvalue weighted by Gasteiger charge is -2.21. The van der Waals surface area contributed by atoms with Crippen LogP contribution in [0.25, 0.3) is 0 Å². The minimum atomic E-state index is -0.144. The Balaban J connectivity index is 2.22. The van der Waals surface area contributed by atoms with Gasteiger partial charge in [-0.1, -0.05) is 0 Å². The zero-order chi connectivity index (χ0) is 11.7. The van der Waals surface area contributed by atoms with E-state index in [1.807, 2.05) is 0 Å². The van der Waals surface area contributed by atoms with Crippen molar-refractivity contribution in [3.8, 4) is 0 Å². The summed E-state index contributed by atoms with van der Waals surface area (Å²) in [5.74, 6) is -0.144.